The van der Waals surface area contributed by atoms with Crippen molar-refractivity contribution < 1.29 is 13.2 Å². The number of carbonyl (C=O) groups excluding carboxylic acids is 1. The van der Waals surface area contributed by atoms with Gasteiger partial charge in [0.2, 0.25) is 10.0 Å². The van der Waals surface area contributed by atoms with Gasteiger partial charge in [0, 0.05) is 31.2 Å². The Hall–Kier alpha value is -2.39. The molecule has 0 aliphatic carbocycles. The summed E-state index contributed by atoms with van der Waals surface area (Å²) in [7, 11) is -3.65. The van der Waals surface area contributed by atoms with Crippen LogP contribution in [0.4, 0.5) is 0 Å². The normalized spacial score (nSPS) is 15.2. The summed E-state index contributed by atoms with van der Waals surface area (Å²) in [6.45, 7) is 3.15. The first kappa shape index (κ1) is 22.8. The van der Waals surface area contributed by atoms with Crippen molar-refractivity contribution in [2.24, 2.45) is 0 Å². The van der Waals surface area contributed by atoms with Crippen molar-refractivity contribution in [2.45, 2.75) is 18.4 Å². The Balaban J connectivity index is 1.46. The Morgan fingerprint density at radius 3 is 2.22 bits per heavy atom. The number of aryl methyl sites for hydroxylation is 1. The van der Waals surface area contributed by atoms with Crippen LogP contribution in [0.3, 0.4) is 0 Å². The number of sulfonamides is 1. The lowest BCUT2D eigenvalue weighted by Crippen LogP contribution is -2.50. The SMILES string of the molecule is Cc1nn(Cc2ccccc2)c(Cl)c1C(=O)N1CCN(S(=O)(=O)c2ccc(Cl)cc2)CC1. The minimum absolute atomic E-state index is 0.183. The Morgan fingerprint density at radius 1 is 0.969 bits per heavy atom. The van der Waals surface area contributed by atoms with Gasteiger partial charge in [-0.05, 0) is 36.8 Å². The number of hydrogen-bond donors (Lipinski definition) is 0. The monoisotopic (exact) mass is 492 g/mol. The topological polar surface area (TPSA) is 75.5 Å². The number of rotatable bonds is 5. The molecule has 1 aromatic heterocycles. The highest BCUT2D eigenvalue weighted by molar-refractivity contribution is 7.89. The summed E-state index contributed by atoms with van der Waals surface area (Å²) in [6.07, 6.45) is 0. The maximum Gasteiger partial charge on any atom is 0.258 e. The van der Waals surface area contributed by atoms with Crippen LogP contribution < -0.4 is 0 Å². The van der Waals surface area contributed by atoms with E-state index in [-0.39, 0.29) is 42.1 Å². The highest BCUT2D eigenvalue weighted by atomic mass is 35.5. The molecule has 3 aromatic rings. The Labute approximate surface area is 197 Å². The molecule has 0 radical (unpaired) electrons. The van der Waals surface area contributed by atoms with E-state index in [2.05, 4.69) is 5.10 Å². The van der Waals surface area contributed by atoms with Crippen molar-refractivity contribution in [3.63, 3.8) is 0 Å². The maximum atomic E-state index is 13.2. The van der Waals surface area contributed by atoms with Gasteiger partial charge in [0.15, 0.2) is 0 Å². The number of piperazine rings is 1. The summed E-state index contributed by atoms with van der Waals surface area (Å²) in [5, 5.41) is 5.20. The zero-order valence-corrected chi connectivity index (χ0v) is 19.7. The number of hydrogen-bond acceptors (Lipinski definition) is 4. The minimum Gasteiger partial charge on any atom is -0.336 e. The molecule has 2 aromatic carbocycles. The first-order valence-electron chi connectivity index (χ1n) is 10.1. The summed E-state index contributed by atoms with van der Waals surface area (Å²) in [6, 6.07) is 15.8. The third kappa shape index (κ3) is 4.54. The standard InChI is InChI=1S/C22H22Cl2N4O3S/c1-16-20(21(24)28(25-16)15-17-5-3-2-4-6-17)22(29)26-11-13-27(14-12-26)32(30,31)19-9-7-18(23)8-10-19/h2-10H,11-15H2,1H3. The van der Waals surface area contributed by atoms with Crippen molar-refractivity contribution in [1.82, 2.24) is 19.0 Å². The van der Waals surface area contributed by atoms with E-state index in [0.717, 1.165) is 5.56 Å². The molecule has 7 nitrogen and oxygen atoms in total. The number of nitrogens with zero attached hydrogens (tertiary/aromatic N) is 4. The quantitative estimate of drug-likeness (QED) is 0.544. The van der Waals surface area contributed by atoms with Crippen LogP contribution in [0, 0.1) is 6.92 Å². The summed E-state index contributed by atoms with van der Waals surface area (Å²) < 4.78 is 28.7. The first-order chi connectivity index (χ1) is 15.3. The van der Waals surface area contributed by atoms with Gasteiger partial charge in [-0.15, -0.1) is 0 Å². The lowest BCUT2D eigenvalue weighted by molar-refractivity contribution is 0.0697. The molecular formula is C22H22Cl2N4O3S. The average Bonchev–Trinajstić information content (AvgIpc) is 3.07. The van der Waals surface area contributed by atoms with E-state index in [9.17, 15) is 13.2 Å². The van der Waals surface area contributed by atoms with E-state index in [1.807, 2.05) is 30.3 Å². The smallest absolute Gasteiger partial charge is 0.258 e. The van der Waals surface area contributed by atoms with Crippen LogP contribution in [0.1, 0.15) is 21.6 Å². The molecule has 0 saturated carbocycles. The van der Waals surface area contributed by atoms with E-state index in [1.165, 1.54) is 16.4 Å². The van der Waals surface area contributed by atoms with Crippen LogP contribution in [0.5, 0.6) is 0 Å². The summed E-state index contributed by atoms with van der Waals surface area (Å²) in [4.78, 5) is 15.0. The van der Waals surface area contributed by atoms with Crippen molar-refractivity contribution >= 4 is 39.1 Å². The highest BCUT2D eigenvalue weighted by Crippen LogP contribution is 2.25. The van der Waals surface area contributed by atoms with Crippen LogP contribution >= 0.6 is 23.2 Å². The lowest BCUT2D eigenvalue weighted by atomic mass is 10.2. The van der Waals surface area contributed by atoms with Gasteiger partial charge in [0.25, 0.3) is 5.91 Å². The van der Waals surface area contributed by atoms with Gasteiger partial charge in [-0.3, -0.25) is 4.79 Å². The van der Waals surface area contributed by atoms with E-state index in [1.54, 1.807) is 28.6 Å². The zero-order chi connectivity index (χ0) is 22.9. The predicted octanol–water partition coefficient (Wildman–Crippen LogP) is 3.69. The molecular weight excluding hydrogens is 471 g/mol. The van der Waals surface area contributed by atoms with Gasteiger partial charge >= 0.3 is 0 Å². The van der Waals surface area contributed by atoms with Crippen LogP contribution in [0.15, 0.2) is 59.5 Å². The maximum absolute atomic E-state index is 13.2. The number of benzene rings is 2. The third-order valence-electron chi connectivity index (χ3n) is 5.43. The van der Waals surface area contributed by atoms with E-state index in [0.29, 0.717) is 22.8 Å². The van der Waals surface area contributed by atoms with Gasteiger partial charge in [-0.1, -0.05) is 53.5 Å². The third-order valence-corrected chi connectivity index (χ3v) is 7.98. The number of carbonyl (C=O) groups is 1. The molecule has 4 rings (SSSR count). The second-order valence-electron chi connectivity index (χ2n) is 7.54. The number of aromatic nitrogens is 2. The van der Waals surface area contributed by atoms with E-state index in [4.69, 9.17) is 23.2 Å². The van der Waals surface area contributed by atoms with Crippen molar-refractivity contribution in [2.75, 3.05) is 26.2 Å². The summed E-state index contributed by atoms with van der Waals surface area (Å²) in [5.74, 6) is -0.240. The van der Waals surface area contributed by atoms with Gasteiger partial charge in [0.05, 0.1) is 22.7 Å². The Bertz CT molecular complexity index is 1220. The molecule has 10 heteroatoms. The molecule has 32 heavy (non-hydrogen) atoms. The molecule has 0 atom stereocenters. The van der Waals surface area contributed by atoms with Gasteiger partial charge in [0.1, 0.15) is 5.15 Å². The predicted molar refractivity (Wildman–Crippen MR) is 124 cm³/mol. The fourth-order valence-corrected chi connectivity index (χ4v) is 5.57. The first-order valence-corrected chi connectivity index (χ1v) is 12.3. The Morgan fingerprint density at radius 2 is 1.59 bits per heavy atom. The van der Waals surface area contributed by atoms with Crippen LogP contribution in [0.25, 0.3) is 0 Å². The van der Waals surface area contributed by atoms with E-state index < -0.39 is 10.0 Å². The molecule has 168 valence electrons. The molecule has 1 amide bonds. The fourth-order valence-electron chi connectivity index (χ4n) is 3.70. The molecule has 0 bridgehead atoms. The van der Waals surface area contributed by atoms with E-state index >= 15 is 0 Å². The second-order valence-corrected chi connectivity index (χ2v) is 10.3. The number of amides is 1. The Kier molecular flexibility index (Phi) is 6.57. The van der Waals surface area contributed by atoms with Crippen LogP contribution in [-0.2, 0) is 16.6 Å². The van der Waals surface area contributed by atoms with Gasteiger partial charge in [-0.25, -0.2) is 13.1 Å². The molecule has 2 heterocycles. The second kappa shape index (κ2) is 9.23. The molecule has 1 fully saturated rings. The number of halogens is 2. The molecule has 0 unspecified atom stereocenters. The molecule has 1 aliphatic heterocycles. The summed E-state index contributed by atoms with van der Waals surface area (Å²) >= 11 is 12.4. The molecule has 0 spiro atoms. The fraction of sp³-hybridized carbons (Fsp3) is 0.273. The molecule has 0 N–H and O–H groups in total. The van der Waals surface area contributed by atoms with Gasteiger partial charge in [-0.2, -0.15) is 9.40 Å². The van der Waals surface area contributed by atoms with Crippen LogP contribution in [0.2, 0.25) is 10.2 Å². The summed E-state index contributed by atoms with van der Waals surface area (Å²) in [5.41, 5.74) is 1.93. The zero-order valence-electron chi connectivity index (χ0n) is 17.4. The average molecular weight is 493 g/mol. The van der Waals surface area contributed by atoms with Crippen molar-refractivity contribution in [1.29, 1.82) is 0 Å². The van der Waals surface area contributed by atoms with Crippen molar-refractivity contribution in [3.8, 4) is 0 Å². The molecule has 1 aliphatic rings. The largest absolute Gasteiger partial charge is 0.336 e. The lowest BCUT2D eigenvalue weighted by Gasteiger charge is -2.34. The van der Waals surface area contributed by atoms with Crippen LogP contribution in [-0.4, -0.2) is 59.5 Å². The molecule has 1 saturated heterocycles. The minimum atomic E-state index is -3.65. The van der Waals surface area contributed by atoms with Gasteiger partial charge < -0.3 is 4.90 Å². The van der Waals surface area contributed by atoms with Crippen molar-refractivity contribution in [3.05, 3.63) is 81.6 Å². The highest BCUT2D eigenvalue weighted by Gasteiger charge is 2.32.